The molecule has 0 saturated heterocycles. The number of aryl methyl sites for hydroxylation is 1. The van der Waals surface area contributed by atoms with E-state index < -0.39 is 22.5 Å². The van der Waals surface area contributed by atoms with Crippen molar-refractivity contribution in [3.8, 4) is 5.75 Å². The van der Waals surface area contributed by atoms with Gasteiger partial charge in [0, 0.05) is 5.02 Å². The summed E-state index contributed by atoms with van der Waals surface area (Å²) in [5, 5.41) is 3.50. The van der Waals surface area contributed by atoms with Crippen LogP contribution in [0.25, 0.3) is 0 Å². The maximum atomic E-state index is 13.3. The van der Waals surface area contributed by atoms with Crippen LogP contribution in [-0.4, -0.2) is 34.0 Å². The molecule has 0 aliphatic carbocycles. The zero-order valence-electron chi connectivity index (χ0n) is 17.3. The van der Waals surface area contributed by atoms with Crippen molar-refractivity contribution in [2.75, 3.05) is 24.0 Å². The third-order valence-electron chi connectivity index (χ3n) is 4.51. The second kappa shape index (κ2) is 10.7. The van der Waals surface area contributed by atoms with Gasteiger partial charge >= 0.3 is 0 Å². The molecule has 32 heavy (non-hydrogen) atoms. The predicted octanol–water partition coefficient (Wildman–Crippen LogP) is 4.69. The summed E-state index contributed by atoms with van der Waals surface area (Å²) in [7, 11) is -4.00. The highest BCUT2D eigenvalue weighted by molar-refractivity contribution is 7.92. The summed E-state index contributed by atoms with van der Waals surface area (Å²) in [5.74, 6) is 0.0225. The molecule has 168 valence electrons. The fraction of sp³-hybridized carbons (Fsp3) is 0.174. The average Bonchev–Trinajstić information content (AvgIpc) is 2.76. The largest absolute Gasteiger partial charge is 0.490 e. The molecule has 0 atom stereocenters. The Kier molecular flexibility index (Phi) is 8.01. The number of nitrogens with one attached hydrogen (secondary N) is 1. The van der Waals surface area contributed by atoms with E-state index in [0.717, 1.165) is 9.87 Å². The zero-order valence-corrected chi connectivity index (χ0v) is 19.6. The van der Waals surface area contributed by atoms with E-state index in [-0.39, 0.29) is 18.0 Å². The standard InChI is InChI=1S/C23H22Cl2N2O4S/c1-17-9-11-20(12-10-17)32(29,30)27(19-6-4-5-18(24)15-19)16-23(28)26-13-14-31-22-8-3-2-7-21(22)25/h2-12,15H,13-14,16H2,1H3,(H,26,28). The molecule has 1 N–H and O–H groups in total. The molecule has 0 aliphatic heterocycles. The molecule has 0 saturated carbocycles. The Morgan fingerprint density at radius 1 is 1.00 bits per heavy atom. The lowest BCUT2D eigenvalue weighted by Crippen LogP contribution is -2.41. The van der Waals surface area contributed by atoms with Crippen LogP contribution in [0.5, 0.6) is 5.75 Å². The maximum Gasteiger partial charge on any atom is 0.264 e. The van der Waals surface area contributed by atoms with Gasteiger partial charge in [-0.05, 0) is 49.4 Å². The molecular weight excluding hydrogens is 471 g/mol. The Hall–Kier alpha value is -2.74. The highest BCUT2D eigenvalue weighted by Gasteiger charge is 2.27. The third-order valence-corrected chi connectivity index (χ3v) is 6.85. The molecule has 3 aromatic carbocycles. The molecule has 0 aliphatic rings. The summed E-state index contributed by atoms with van der Waals surface area (Å²) < 4.78 is 33.2. The van der Waals surface area contributed by atoms with Crippen LogP contribution < -0.4 is 14.4 Å². The molecular formula is C23H22Cl2N2O4S. The van der Waals surface area contributed by atoms with Crippen molar-refractivity contribution < 1.29 is 17.9 Å². The second-order valence-electron chi connectivity index (χ2n) is 6.93. The van der Waals surface area contributed by atoms with Gasteiger partial charge in [-0.25, -0.2) is 8.42 Å². The monoisotopic (exact) mass is 492 g/mol. The number of hydrogen-bond acceptors (Lipinski definition) is 4. The second-order valence-corrected chi connectivity index (χ2v) is 9.64. The van der Waals surface area contributed by atoms with Crippen molar-refractivity contribution in [3.63, 3.8) is 0 Å². The number of hydrogen-bond donors (Lipinski definition) is 1. The molecule has 3 rings (SSSR count). The molecule has 3 aromatic rings. The number of halogens is 2. The van der Waals surface area contributed by atoms with Gasteiger partial charge in [0.05, 0.1) is 22.2 Å². The number of ether oxygens (including phenoxy) is 1. The maximum absolute atomic E-state index is 13.3. The molecule has 6 nitrogen and oxygen atoms in total. The number of para-hydroxylation sites is 1. The van der Waals surface area contributed by atoms with Crippen molar-refractivity contribution in [1.82, 2.24) is 5.32 Å². The van der Waals surface area contributed by atoms with Crippen LogP contribution in [0, 0.1) is 6.92 Å². The fourth-order valence-electron chi connectivity index (χ4n) is 2.88. The van der Waals surface area contributed by atoms with E-state index in [9.17, 15) is 13.2 Å². The van der Waals surface area contributed by atoms with E-state index in [0.29, 0.717) is 21.5 Å². The molecule has 0 bridgehead atoms. The summed E-state index contributed by atoms with van der Waals surface area (Å²) in [6.45, 7) is 1.81. The van der Waals surface area contributed by atoms with Gasteiger partial charge in [-0.15, -0.1) is 0 Å². The molecule has 0 spiro atoms. The van der Waals surface area contributed by atoms with Crippen LogP contribution in [0.1, 0.15) is 5.56 Å². The first-order valence-corrected chi connectivity index (χ1v) is 12.0. The molecule has 0 heterocycles. The van der Waals surface area contributed by atoms with Gasteiger partial charge in [0.25, 0.3) is 10.0 Å². The highest BCUT2D eigenvalue weighted by Crippen LogP contribution is 2.26. The van der Waals surface area contributed by atoms with Crippen LogP contribution >= 0.6 is 23.2 Å². The topological polar surface area (TPSA) is 75.7 Å². The van der Waals surface area contributed by atoms with Gasteiger partial charge in [0.1, 0.15) is 18.9 Å². The summed E-state index contributed by atoms with van der Waals surface area (Å²) in [6.07, 6.45) is 0. The Morgan fingerprint density at radius 2 is 1.72 bits per heavy atom. The number of carbonyl (C=O) groups is 1. The van der Waals surface area contributed by atoms with Crippen molar-refractivity contribution in [1.29, 1.82) is 0 Å². The molecule has 9 heteroatoms. The van der Waals surface area contributed by atoms with E-state index in [1.54, 1.807) is 54.6 Å². The summed E-state index contributed by atoms with van der Waals surface area (Å²) >= 11 is 12.1. The zero-order chi connectivity index (χ0) is 23.1. The first kappa shape index (κ1) is 23.9. The van der Waals surface area contributed by atoms with Crippen LogP contribution in [-0.2, 0) is 14.8 Å². The van der Waals surface area contributed by atoms with Crippen LogP contribution in [0.15, 0.2) is 77.7 Å². The van der Waals surface area contributed by atoms with Crippen LogP contribution in [0.4, 0.5) is 5.69 Å². The van der Waals surface area contributed by atoms with Crippen molar-refractivity contribution >= 4 is 44.8 Å². The van der Waals surface area contributed by atoms with E-state index in [4.69, 9.17) is 27.9 Å². The molecule has 0 unspecified atom stereocenters. The minimum atomic E-state index is -4.00. The van der Waals surface area contributed by atoms with Gasteiger partial charge in [-0.1, -0.05) is 59.1 Å². The van der Waals surface area contributed by atoms with Crippen molar-refractivity contribution in [3.05, 3.63) is 88.4 Å². The average molecular weight is 493 g/mol. The van der Waals surface area contributed by atoms with Crippen LogP contribution in [0.3, 0.4) is 0 Å². The SMILES string of the molecule is Cc1ccc(S(=O)(=O)N(CC(=O)NCCOc2ccccc2Cl)c2cccc(Cl)c2)cc1. The van der Waals surface area contributed by atoms with Crippen LogP contribution in [0.2, 0.25) is 10.0 Å². The Labute approximate surface area is 197 Å². The molecule has 1 amide bonds. The summed E-state index contributed by atoms with van der Waals surface area (Å²) in [6, 6.07) is 19.8. The minimum absolute atomic E-state index is 0.0814. The third kappa shape index (κ3) is 6.16. The predicted molar refractivity (Wildman–Crippen MR) is 127 cm³/mol. The number of amides is 1. The van der Waals surface area contributed by atoms with Gasteiger partial charge in [-0.3, -0.25) is 9.10 Å². The van der Waals surface area contributed by atoms with E-state index in [2.05, 4.69) is 5.32 Å². The number of nitrogens with zero attached hydrogens (tertiary/aromatic N) is 1. The molecule has 0 fully saturated rings. The number of carbonyl (C=O) groups excluding carboxylic acids is 1. The number of sulfonamides is 1. The lowest BCUT2D eigenvalue weighted by Gasteiger charge is -2.24. The van der Waals surface area contributed by atoms with Crippen molar-refractivity contribution in [2.24, 2.45) is 0 Å². The van der Waals surface area contributed by atoms with Gasteiger partial charge in [0.15, 0.2) is 0 Å². The summed E-state index contributed by atoms with van der Waals surface area (Å²) in [4.78, 5) is 12.7. The number of anilines is 1. The molecule has 0 radical (unpaired) electrons. The number of rotatable bonds is 9. The van der Waals surface area contributed by atoms with Gasteiger partial charge in [-0.2, -0.15) is 0 Å². The lowest BCUT2D eigenvalue weighted by atomic mass is 10.2. The quantitative estimate of drug-likeness (QED) is 0.439. The first-order chi connectivity index (χ1) is 15.3. The normalized spacial score (nSPS) is 11.1. The lowest BCUT2D eigenvalue weighted by molar-refractivity contribution is -0.119. The van der Waals surface area contributed by atoms with Crippen molar-refractivity contribution in [2.45, 2.75) is 11.8 Å². The summed E-state index contributed by atoms with van der Waals surface area (Å²) in [5.41, 5.74) is 1.22. The van der Waals surface area contributed by atoms with Gasteiger partial charge < -0.3 is 10.1 Å². The highest BCUT2D eigenvalue weighted by atomic mass is 35.5. The fourth-order valence-corrected chi connectivity index (χ4v) is 4.67. The van der Waals surface area contributed by atoms with E-state index in [1.165, 1.54) is 18.2 Å². The van der Waals surface area contributed by atoms with Gasteiger partial charge in [0.2, 0.25) is 5.91 Å². The smallest absolute Gasteiger partial charge is 0.264 e. The number of benzene rings is 3. The Balaban J connectivity index is 1.72. The first-order valence-electron chi connectivity index (χ1n) is 9.76. The van der Waals surface area contributed by atoms with E-state index >= 15 is 0 Å². The minimum Gasteiger partial charge on any atom is -0.490 e. The molecule has 0 aromatic heterocycles. The Morgan fingerprint density at radius 3 is 2.41 bits per heavy atom. The van der Waals surface area contributed by atoms with E-state index in [1.807, 2.05) is 6.92 Å². The Bertz CT molecular complexity index is 1180.